The molecule has 13 nitrogen and oxygen atoms in total. The van der Waals surface area contributed by atoms with Gasteiger partial charge in [-0.25, -0.2) is 9.36 Å². The van der Waals surface area contributed by atoms with Crippen molar-refractivity contribution in [2.75, 3.05) is 59.0 Å². The molecule has 0 spiro atoms. The molecule has 1 aromatic rings. The van der Waals surface area contributed by atoms with Crippen molar-refractivity contribution < 1.29 is 42.1 Å². The average Bonchev–Trinajstić information content (AvgIpc) is 3.37. The summed E-state index contributed by atoms with van der Waals surface area (Å²) in [6.07, 6.45) is 2.72. The molecular formula is C29H55N4O9P+2. The number of hydrogen-bond acceptors (Lipinski definition) is 7. The molecule has 3 N–H and O–H groups in total. The van der Waals surface area contributed by atoms with E-state index in [1.165, 1.54) is 61.2 Å². The van der Waals surface area contributed by atoms with Crippen molar-refractivity contribution in [2.24, 2.45) is 0 Å². The van der Waals surface area contributed by atoms with Crippen LogP contribution in [-0.2, 0) is 23.4 Å². The first-order chi connectivity index (χ1) is 20.3. The van der Waals surface area contributed by atoms with Crippen LogP contribution in [0.3, 0.4) is 0 Å². The summed E-state index contributed by atoms with van der Waals surface area (Å²) in [6, 6.07) is 0. The van der Waals surface area contributed by atoms with Crippen molar-refractivity contribution >= 4 is 13.8 Å². The van der Waals surface area contributed by atoms with E-state index >= 15 is 0 Å². The molecule has 0 saturated carbocycles. The van der Waals surface area contributed by atoms with E-state index < -0.39 is 50.1 Å². The quantitative estimate of drug-likeness (QED) is 0.0849. The zero-order valence-corrected chi connectivity index (χ0v) is 27.9. The van der Waals surface area contributed by atoms with Gasteiger partial charge in [0.1, 0.15) is 18.4 Å². The number of ether oxygens (including phenoxy) is 2. The Morgan fingerprint density at radius 2 is 1.51 bits per heavy atom. The normalized spacial score (nSPS) is 19.6. The topological polar surface area (TPSA) is 157 Å². The summed E-state index contributed by atoms with van der Waals surface area (Å²) < 4.78 is 30.8. The van der Waals surface area contributed by atoms with E-state index in [4.69, 9.17) is 19.3 Å². The molecule has 0 aromatic carbocycles. The van der Waals surface area contributed by atoms with Gasteiger partial charge in [0.25, 0.3) is 5.56 Å². The first kappa shape index (κ1) is 37.3. The predicted molar refractivity (Wildman–Crippen MR) is 163 cm³/mol. The zero-order chi connectivity index (χ0) is 32.3. The van der Waals surface area contributed by atoms with Crippen LogP contribution in [0.1, 0.15) is 84.9 Å². The Morgan fingerprint density at radius 3 is 2.05 bits per heavy atom. The number of unbranched alkanes of at least 4 members (excludes halogenated alkanes) is 2. The van der Waals surface area contributed by atoms with E-state index in [-0.39, 0.29) is 18.4 Å². The Labute approximate surface area is 255 Å². The maximum atomic E-state index is 12.8. The Kier molecular flexibility index (Phi) is 14.8. The summed E-state index contributed by atoms with van der Waals surface area (Å²) >= 11 is 0. The predicted octanol–water partition coefficient (Wildman–Crippen LogP) is 2.84. The van der Waals surface area contributed by atoms with Crippen molar-refractivity contribution in [3.8, 4) is 0 Å². The number of carbonyl (C=O) groups excluding carboxylic acids is 1. The molecule has 43 heavy (non-hydrogen) atoms. The number of phosphoric ester groups is 1. The highest BCUT2D eigenvalue weighted by atomic mass is 31.2. The van der Waals surface area contributed by atoms with E-state index in [0.717, 1.165) is 37.1 Å². The number of aryl methyl sites for hydroxylation is 1. The van der Waals surface area contributed by atoms with Crippen LogP contribution in [0, 0.1) is 6.92 Å². The Balaban J connectivity index is 1.93. The summed E-state index contributed by atoms with van der Waals surface area (Å²) in [5.41, 5.74) is -0.936. The first-order valence-electron chi connectivity index (χ1n) is 15.8. The second-order valence-electron chi connectivity index (χ2n) is 11.8. The molecule has 14 heteroatoms. The van der Waals surface area contributed by atoms with Crippen molar-refractivity contribution in [1.82, 2.24) is 9.55 Å². The zero-order valence-electron chi connectivity index (χ0n) is 27.0. The average molecular weight is 635 g/mol. The number of rotatable bonds is 20. The summed E-state index contributed by atoms with van der Waals surface area (Å²) in [4.78, 5) is 57.5. The number of aromatic amines is 1. The summed E-state index contributed by atoms with van der Waals surface area (Å²) in [5.74, 6) is -0.445. The Morgan fingerprint density at radius 1 is 0.977 bits per heavy atom. The van der Waals surface area contributed by atoms with E-state index in [1.807, 2.05) is 0 Å². The van der Waals surface area contributed by atoms with E-state index in [2.05, 4.69) is 44.1 Å². The lowest BCUT2D eigenvalue weighted by Gasteiger charge is -2.38. The highest BCUT2D eigenvalue weighted by Gasteiger charge is 2.40. The lowest BCUT2D eigenvalue weighted by molar-refractivity contribution is -0.930. The molecule has 1 fully saturated rings. The molecule has 0 radical (unpaired) electrons. The molecule has 1 aromatic heterocycles. The third-order valence-electron chi connectivity index (χ3n) is 9.46. The smallest absolute Gasteiger partial charge is 0.459 e. The van der Waals surface area contributed by atoms with Crippen LogP contribution in [0.4, 0.5) is 0 Å². The number of H-pyrrole nitrogens is 1. The van der Waals surface area contributed by atoms with Gasteiger partial charge in [-0.3, -0.25) is 23.7 Å². The SMILES string of the molecule is CC[N+](CC)(CC)CCCC[N+](CC)(CC)CCCCC(=O)OC1CC(n2cc(C)c(=O)[nH]c2=O)OC1COP(=O)(O)O. The van der Waals surface area contributed by atoms with Crippen LogP contribution >= 0.6 is 7.82 Å². The van der Waals surface area contributed by atoms with Crippen LogP contribution in [-0.4, -0.2) is 105 Å². The third-order valence-corrected chi connectivity index (χ3v) is 9.94. The second-order valence-corrected chi connectivity index (χ2v) is 13.0. The second kappa shape index (κ2) is 17.0. The molecule has 0 aliphatic carbocycles. The van der Waals surface area contributed by atoms with Gasteiger partial charge in [0.15, 0.2) is 0 Å². The molecule has 3 unspecified atom stereocenters. The number of esters is 1. The van der Waals surface area contributed by atoms with Crippen LogP contribution in [0.25, 0.3) is 0 Å². The largest absolute Gasteiger partial charge is 0.469 e. The van der Waals surface area contributed by atoms with Gasteiger partial charge in [-0.2, -0.15) is 0 Å². The summed E-state index contributed by atoms with van der Waals surface area (Å²) in [6.45, 7) is 21.2. The standard InChI is InChI=1S/C29H53N4O9P/c1-7-32(8-2,9-3)17-14-15-19-33(10-4,11-5)18-13-12-16-27(34)42-24-20-26(41-25(24)22-40-43(37,38)39)31-21-23(6)28(35)30-29(31)36/h21,24-26H,7-20,22H2,1-6H3,(H-2,30,35,36,37,38,39)/p+2. The fourth-order valence-electron chi connectivity index (χ4n) is 6.07. The van der Waals surface area contributed by atoms with Crippen LogP contribution in [0.2, 0.25) is 0 Å². The highest BCUT2D eigenvalue weighted by molar-refractivity contribution is 7.46. The van der Waals surface area contributed by atoms with Gasteiger partial charge < -0.3 is 28.2 Å². The van der Waals surface area contributed by atoms with Crippen molar-refractivity contribution in [3.63, 3.8) is 0 Å². The highest BCUT2D eigenvalue weighted by Crippen LogP contribution is 2.38. The lowest BCUT2D eigenvalue weighted by Crippen LogP contribution is -2.50. The van der Waals surface area contributed by atoms with Gasteiger partial charge in [0, 0.05) is 37.4 Å². The number of carbonyl (C=O) groups is 1. The van der Waals surface area contributed by atoms with E-state index in [9.17, 15) is 18.9 Å². The summed E-state index contributed by atoms with van der Waals surface area (Å²) in [7, 11) is -4.80. The fourth-order valence-corrected chi connectivity index (χ4v) is 6.41. The Hall–Kier alpha value is -1.86. The van der Waals surface area contributed by atoms with Gasteiger partial charge in [0.05, 0.1) is 59.0 Å². The van der Waals surface area contributed by atoms with Crippen LogP contribution in [0.5, 0.6) is 0 Å². The Bertz CT molecular complexity index is 1160. The van der Waals surface area contributed by atoms with E-state index in [0.29, 0.717) is 6.42 Å². The molecule has 0 bridgehead atoms. The molecule has 2 rings (SSSR count). The molecule has 3 atom stereocenters. The molecular weight excluding hydrogens is 579 g/mol. The molecule has 248 valence electrons. The van der Waals surface area contributed by atoms with Crippen LogP contribution < -0.4 is 11.2 Å². The number of hydrogen-bond donors (Lipinski definition) is 3. The van der Waals surface area contributed by atoms with Gasteiger partial charge >= 0.3 is 19.5 Å². The van der Waals surface area contributed by atoms with Gasteiger partial charge in [-0.05, 0) is 54.4 Å². The minimum atomic E-state index is -4.80. The van der Waals surface area contributed by atoms with Gasteiger partial charge in [0.2, 0.25) is 0 Å². The van der Waals surface area contributed by atoms with Gasteiger partial charge in [-0.1, -0.05) is 0 Å². The number of nitrogens with zero attached hydrogens (tertiary/aromatic N) is 3. The maximum Gasteiger partial charge on any atom is 0.469 e. The molecule has 1 aliphatic heterocycles. The fraction of sp³-hybridized carbons (Fsp3) is 0.828. The lowest BCUT2D eigenvalue weighted by atomic mass is 10.1. The number of phosphoric acid groups is 1. The maximum absolute atomic E-state index is 12.8. The van der Waals surface area contributed by atoms with Crippen LogP contribution in [0.15, 0.2) is 15.8 Å². The minimum absolute atomic E-state index is 0.0616. The summed E-state index contributed by atoms with van der Waals surface area (Å²) in [5, 5.41) is 0. The van der Waals surface area contributed by atoms with Gasteiger partial charge in [-0.15, -0.1) is 0 Å². The third kappa shape index (κ3) is 11.2. The number of nitrogens with one attached hydrogen (secondary N) is 1. The molecule has 1 saturated heterocycles. The van der Waals surface area contributed by atoms with Crippen molar-refractivity contribution in [2.45, 2.75) is 98.5 Å². The first-order valence-corrected chi connectivity index (χ1v) is 17.4. The van der Waals surface area contributed by atoms with E-state index in [1.54, 1.807) is 0 Å². The van der Waals surface area contributed by atoms with Crippen molar-refractivity contribution in [1.29, 1.82) is 0 Å². The molecule has 1 aliphatic rings. The monoisotopic (exact) mass is 634 g/mol. The number of aromatic nitrogens is 2. The molecule has 2 heterocycles. The number of quaternary nitrogens is 2. The minimum Gasteiger partial charge on any atom is -0.459 e. The van der Waals surface area contributed by atoms with Crippen molar-refractivity contribution in [3.05, 3.63) is 32.6 Å². The molecule has 0 amide bonds.